The van der Waals surface area contributed by atoms with Gasteiger partial charge in [0.15, 0.2) is 5.65 Å². The molecule has 5 aromatic rings. The predicted octanol–water partition coefficient (Wildman–Crippen LogP) is 4.54. The molecule has 0 N–H and O–H groups in total. The summed E-state index contributed by atoms with van der Waals surface area (Å²) in [4.78, 5) is 6.89. The van der Waals surface area contributed by atoms with Crippen LogP contribution in [0.2, 0.25) is 0 Å². The third kappa shape index (κ3) is 3.36. The summed E-state index contributed by atoms with van der Waals surface area (Å²) in [6, 6.07) is 7.25. The molecule has 0 bridgehead atoms. The average molecular weight is 445 g/mol. The molecule has 1 aliphatic heterocycles. The third-order valence-corrected chi connectivity index (χ3v) is 6.19. The van der Waals surface area contributed by atoms with Crippen LogP contribution in [0.25, 0.3) is 22.5 Å². The summed E-state index contributed by atoms with van der Waals surface area (Å²) >= 11 is 0. The van der Waals surface area contributed by atoms with E-state index in [-0.39, 0.29) is 6.04 Å². The Labute approximate surface area is 188 Å². The molecule has 5 heterocycles. The fourth-order valence-corrected chi connectivity index (χ4v) is 4.58. The van der Waals surface area contributed by atoms with Gasteiger partial charge in [-0.15, -0.1) is 0 Å². The third-order valence-electron chi connectivity index (χ3n) is 6.19. The minimum Gasteiger partial charge on any atom is -0.357 e. The number of hydrogen-bond acceptors (Lipinski definition) is 4. The normalized spacial score (nSPS) is 16.2. The lowest BCUT2D eigenvalue weighted by Gasteiger charge is -2.26. The number of nitrogens with zero attached hydrogens (tertiary/aromatic N) is 7. The van der Waals surface area contributed by atoms with E-state index in [2.05, 4.69) is 10.2 Å². The number of aromatic nitrogens is 6. The Morgan fingerprint density at radius 2 is 1.88 bits per heavy atom. The predicted molar refractivity (Wildman–Crippen MR) is 120 cm³/mol. The summed E-state index contributed by atoms with van der Waals surface area (Å²) in [5, 5.41) is 8.93. The van der Waals surface area contributed by atoms with Crippen LogP contribution in [0.1, 0.15) is 24.4 Å². The number of benzene rings is 1. The summed E-state index contributed by atoms with van der Waals surface area (Å²) in [5.74, 6) is -0.136. The summed E-state index contributed by atoms with van der Waals surface area (Å²) in [6.45, 7) is 0.715. The standard InChI is InChI=1S/C24H21F2N7/c1-30-9-6-16(14-30)17-12-27-33(15-17)22-13-28-32-10-7-23(29-24(22)32)31-8-2-3-21(31)19-11-18(25)4-5-20(19)26/h4-7,9-15,21H,2-3,8H2,1H3/t21-/m0/s1. The van der Waals surface area contributed by atoms with Crippen LogP contribution in [0.15, 0.2) is 67.5 Å². The van der Waals surface area contributed by atoms with Crippen LogP contribution in [-0.4, -0.2) is 35.5 Å². The number of anilines is 1. The molecule has 33 heavy (non-hydrogen) atoms. The van der Waals surface area contributed by atoms with Crippen molar-refractivity contribution in [2.45, 2.75) is 18.9 Å². The first kappa shape index (κ1) is 19.7. The minimum atomic E-state index is -0.437. The molecule has 0 unspecified atom stereocenters. The van der Waals surface area contributed by atoms with E-state index in [1.54, 1.807) is 15.4 Å². The lowest BCUT2D eigenvalue weighted by molar-refractivity contribution is 0.560. The van der Waals surface area contributed by atoms with Gasteiger partial charge in [-0.05, 0) is 43.2 Å². The van der Waals surface area contributed by atoms with Gasteiger partial charge >= 0.3 is 0 Å². The van der Waals surface area contributed by atoms with Gasteiger partial charge in [-0.2, -0.15) is 10.2 Å². The van der Waals surface area contributed by atoms with Gasteiger partial charge in [-0.25, -0.2) is 23.0 Å². The van der Waals surface area contributed by atoms with E-state index >= 15 is 0 Å². The molecule has 0 aliphatic carbocycles. The first-order valence-corrected chi connectivity index (χ1v) is 10.8. The maximum absolute atomic E-state index is 14.5. The molecule has 0 spiro atoms. The van der Waals surface area contributed by atoms with Crippen LogP contribution in [0, 0.1) is 11.6 Å². The largest absolute Gasteiger partial charge is 0.357 e. The van der Waals surface area contributed by atoms with Gasteiger partial charge in [0.1, 0.15) is 23.1 Å². The Morgan fingerprint density at radius 3 is 2.73 bits per heavy atom. The van der Waals surface area contributed by atoms with Crippen LogP contribution < -0.4 is 4.90 Å². The lowest BCUT2D eigenvalue weighted by atomic mass is 10.0. The molecule has 4 aromatic heterocycles. The molecule has 1 saturated heterocycles. The van der Waals surface area contributed by atoms with Crippen molar-refractivity contribution in [3.05, 3.63) is 84.7 Å². The smallest absolute Gasteiger partial charge is 0.183 e. The van der Waals surface area contributed by atoms with E-state index in [1.165, 1.54) is 12.1 Å². The summed E-state index contributed by atoms with van der Waals surface area (Å²) < 4.78 is 33.8. The number of fused-ring (bicyclic) bond motifs is 1. The van der Waals surface area contributed by atoms with Crippen molar-refractivity contribution in [1.82, 2.24) is 28.9 Å². The second-order valence-electron chi connectivity index (χ2n) is 8.34. The minimum absolute atomic E-state index is 0.267. The van der Waals surface area contributed by atoms with Gasteiger partial charge in [-0.1, -0.05) is 0 Å². The van der Waals surface area contributed by atoms with E-state index in [9.17, 15) is 8.78 Å². The zero-order valence-electron chi connectivity index (χ0n) is 17.9. The Balaban J connectivity index is 1.38. The van der Waals surface area contributed by atoms with Gasteiger partial charge in [-0.3, -0.25) is 0 Å². The SMILES string of the molecule is Cn1ccc(-c2cnn(-c3cnn4ccc(N5CCC[C@H]5c5cc(F)ccc5F)nc34)c2)c1. The Morgan fingerprint density at radius 1 is 0.970 bits per heavy atom. The highest BCUT2D eigenvalue weighted by Crippen LogP contribution is 2.37. The fraction of sp³-hybridized carbons (Fsp3) is 0.208. The Kier molecular flexibility index (Phi) is 4.49. The molecule has 1 atom stereocenters. The van der Waals surface area contributed by atoms with E-state index in [0.717, 1.165) is 35.7 Å². The van der Waals surface area contributed by atoms with Crippen molar-refractivity contribution in [2.75, 3.05) is 11.4 Å². The van der Waals surface area contributed by atoms with E-state index in [4.69, 9.17) is 4.98 Å². The van der Waals surface area contributed by atoms with E-state index in [0.29, 0.717) is 23.6 Å². The first-order chi connectivity index (χ1) is 16.1. The number of rotatable bonds is 4. The maximum atomic E-state index is 14.5. The van der Waals surface area contributed by atoms with Gasteiger partial charge in [0.2, 0.25) is 0 Å². The molecule has 7 nitrogen and oxygen atoms in total. The number of halogens is 2. The van der Waals surface area contributed by atoms with Crippen molar-refractivity contribution in [1.29, 1.82) is 0 Å². The Hall–Kier alpha value is -4.01. The monoisotopic (exact) mass is 445 g/mol. The molecular weight excluding hydrogens is 424 g/mol. The Bertz CT molecular complexity index is 1460. The van der Waals surface area contributed by atoms with Gasteiger partial charge in [0.25, 0.3) is 0 Å². The van der Waals surface area contributed by atoms with E-state index < -0.39 is 11.6 Å². The van der Waals surface area contributed by atoms with Gasteiger partial charge < -0.3 is 9.47 Å². The second kappa shape index (κ2) is 7.54. The van der Waals surface area contributed by atoms with Crippen molar-refractivity contribution < 1.29 is 8.78 Å². The molecule has 166 valence electrons. The van der Waals surface area contributed by atoms with Crippen LogP contribution >= 0.6 is 0 Å². The van der Waals surface area contributed by atoms with E-state index in [1.807, 2.05) is 59.6 Å². The van der Waals surface area contributed by atoms with Crippen LogP contribution in [0.3, 0.4) is 0 Å². The van der Waals surface area contributed by atoms with Crippen molar-refractivity contribution in [2.24, 2.45) is 7.05 Å². The highest BCUT2D eigenvalue weighted by Gasteiger charge is 2.30. The lowest BCUT2D eigenvalue weighted by Crippen LogP contribution is -2.24. The molecule has 0 radical (unpaired) electrons. The molecule has 1 fully saturated rings. The van der Waals surface area contributed by atoms with Crippen LogP contribution in [-0.2, 0) is 7.05 Å². The fourth-order valence-electron chi connectivity index (χ4n) is 4.58. The summed E-state index contributed by atoms with van der Waals surface area (Å²) in [5.41, 5.74) is 3.81. The number of hydrogen-bond donors (Lipinski definition) is 0. The first-order valence-electron chi connectivity index (χ1n) is 10.8. The van der Waals surface area contributed by atoms with Crippen molar-refractivity contribution in [3.8, 4) is 16.8 Å². The molecule has 6 rings (SSSR count). The summed E-state index contributed by atoms with van der Waals surface area (Å²) in [7, 11) is 1.98. The zero-order valence-corrected chi connectivity index (χ0v) is 17.9. The second-order valence-corrected chi connectivity index (χ2v) is 8.34. The highest BCUT2D eigenvalue weighted by atomic mass is 19.1. The molecule has 1 aliphatic rings. The van der Waals surface area contributed by atoms with Crippen molar-refractivity contribution in [3.63, 3.8) is 0 Å². The van der Waals surface area contributed by atoms with Gasteiger partial charge in [0, 0.05) is 55.1 Å². The van der Waals surface area contributed by atoms with Crippen LogP contribution in [0.4, 0.5) is 14.6 Å². The molecule has 9 heteroatoms. The van der Waals surface area contributed by atoms with Gasteiger partial charge in [0.05, 0.1) is 18.4 Å². The van der Waals surface area contributed by atoms with Crippen LogP contribution in [0.5, 0.6) is 0 Å². The maximum Gasteiger partial charge on any atom is 0.183 e. The molecule has 0 amide bonds. The number of aryl methyl sites for hydroxylation is 1. The average Bonchev–Trinajstić information content (AvgIpc) is 3.60. The topological polar surface area (TPSA) is 56.2 Å². The molecule has 1 aromatic carbocycles. The zero-order chi connectivity index (χ0) is 22.5. The van der Waals surface area contributed by atoms with Crippen molar-refractivity contribution >= 4 is 11.5 Å². The molecular formula is C24H21F2N7. The highest BCUT2D eigenvalue weighted by molar-refractivity contribution is 5.65. The summed E-state index contributed by atoms with van der Waals surface area (Å²) in [6.07, 6.45) is 12.9. The molecule has 0 saturated carbocycles. The quantitative estimate of drug-likeness (QED) is 0.408.